The number of hydrogen-bond acceptors (Lipinski definition) is 6. The van der Waals surface area contributed by atoms with Crippen LogP contribution in [-0.4, -0.2) is 45.2 Å². The van der Waals surface area contributed by atoms with E-state index in [1.807, 2.05) is 6.92 Å². The summed E-state index contributed by atoms with van der Waals surface area (Å²) in [4.78, 5) is 25.4. The predicted molar refractivity (Wildman–Crippen MR) is 73.2 cm³/mol. The van der Waals surface area contributed by atoms with Gasteiger partial charge in [-0.25, -0.2) is 4.79 Å². The number of aromatic nitrogens is 3. The molecule has 0 saturated carbocycles. The largest absolute Gasteiger partial charge is 0.479 e. The average Bonchev–Trinajstić information content (AvgIpc) is 2.83. The molecule has 0 radical (unpaired) electrons. The van der Waals surface area contributed by atoms with Crippen LogP contribution in [0.2, 0.25) is 5.28 Å². The monoisotopic (exact) mass is 300 g/mol. The Hall–Kier alpha value is -1.63. The number of hydrogen-bond donors (Lipinski definition) is 1. The number of ether oxygens (including phenoxy) is 1. The number of aliphatic carboxylic acids is 1. The molecule has 1 aromatic rings. The third-order valence-electron chi connectivity index (χ3n) is 3.55. The van der Waals surface area contributed by atoms with Crippen LogP contribution in [-0.2, 0) is 4.79 Å². The highest BCUT2D eigenvalue weighted by atomic mass is 35.5. The van der Waals surface area contributed by atoms with Crippen molar-refractivity contribution in [2.45, 2.75) is 38.1 Å². The van der Waals surface area contributed by atoms with Gasteiger partial charge in [0.2, 0.25) is 11.2 Å². The number of nitrogens with zero attached hydrogens (tertiary/aromatic N) is 4. The number of carboxylic acid groups (broad SMARTS) is 1. The maximum absolute atomic E-state index is 11.8. The Bertz CT molecular complexity index is 513. The minimum Gasteiger partial charge on any atom is -0.479 e. The average molecular weight is 301 g/mol. The van der Waals surface area contributed by atoms with Crippen LogP contribution in [0.3, 0.4) is 0 Å². The van der Waals surface area contributed by atoms with E-state index in [1.165, 1.54) is 7.11 Å². The van der Waals surface area contributed by atoms with Crippen LogP contribution < -0.4 is 9.64 Å². The van der Waals surface area contributed by atoms with Gasteiger partial charge in [-0.2, -0.15) is 15.0 Å². The fourth-order valence-electron chi connectivity index (χ4n) is 2.71. The molecule has 0 aliphatic carbocycles. The first-order valence-corrected chi connectivity index (χ1v) is 6.88. The lowest BCUT2D eigenvalue weighted by Gasteiger charge is -2.34. The van der Waals surface area contributed by atoms with Crippen LogP contribution in [0.25, 0.3) is 0 Å². The van der Waals surface area contributed by atoms with E-state index in [4.69, 9.17) is 16.3 Å². The first-order valence-electron chi connectivity index (χ1n) is 6.50. The molecule has 1 fully saturated rings. The van der Waals surface area contributed by atoms with Crippen molar-refractivity contribution in [3.05, 3.63) is 5.28 Å². The minimum atomic E-state index is -0.968. The summed E-state index contributed by atoms with van der Waals surface area (Å²) in [5.41, 5.74) is -0.968. The fraction of sp³-hybridized carbons (Fsp3) is 0.667. The summed E-state index contributed by atoms with van der Waals surface area (Å²) in [5.74, 6) is -0.595. The van der Waals surface area contributed by atoms with Gasteiger partial charge in [-0.1, -0.05) is 13.3 Å². The molecule has 20 heavy (non-hydrogen) atoms. The molecule has 1 saturated heterocycles. The Balaban J connectivity index is 2.44. The summed E-state index contributed by atoms with van der Waals surface area (Å²) in [6.45, 7) is 2.54. The van der Waals surface area contributed by atoms with Crippen molar-refractivity contribution < 1.29 is 14.6 Å². The molecular formula is C12H17ClN4O3. The molecule has 1 unspecified atom stereocenters. The Morgan fingerprint density at radius 3 is 2.85 bits per heavy atom. The molecule has 7 nitrogen and oxygen atoms in total. The van der Waals surface area contributed by atoms with Crippen molar-refractivity contribution in [2.24, 2.45) is 0 Å². The third-order valence-corrected chi connectivity index (χ3v) is 3.72. The van der Waals surface area contributed by atoms with Crippen LogP contribution in [0, 0.1) is 0 Å². The zero-order valence-corrected chi connectivity index (χ0v) is 12.2. The van der Waals surface area contributed by atoms with Crippen LogP contribution in [0.5, 0.6) is 6.01 Å². The van der Waals surface area contributed by atoms with E-state index in [9.17, 15) is 9.90 Å². The Morgan fingerprint density at radius 2 is 2.25 bits per heavy atom. The standard InChI is InChI=1S/C12H17ClN4O3/c1-3-5-12(8(18)19)6-4-7-17(12)10-14-9(13)15-11(16-10)20-2/h3-7H2,1-2H3,(H,18,19). The molecule has 1 atom stereocenters. The number of anilines is 1. The maximum Gasteiger partial charge on any atom is 0.329 e. The third kappa shape index (κ3) is 2.49. The van der Waals surface area contributed by atoms with E-state index in [0.717, 1.165) is 12.8 Å². The van der Waals surface area contributed by atoms with E-state index in [1.54, 1.807) is 4.90 Å². The number of rotatable bonds is 5. The first-order chi connectivity index (χ1) is 9.53. The highest BCUT2D eigenvalue weighted by molar-refractivity contribution is 6.28. The molecule has 0 bridgehead atoms. The number of carbonyl (C=O) groups is 1. The van der Waals surface area contributed by atoms with Crippen molar-refractivity contribution in [1.82, 2.24) is 15.0 Å². The molecule has 1 aromatic heterocycles. The molecule has 1 aliphatic heterocycles. The zero-order chi connectivity index (χ0) is 14.8. The van der Waals surface area contributed by atoms with Crippen molar-refractivity contribution in [3.63, 3.8) is 0 Å². The molecule has 110 valence electrons. The highest BCUT2D eigenvalue weighted by Crippen LogP contribution is 2.37. The highest BCUT2D eigenvalue weighted by Gasteiger charge is 2.48. The van der Waals surface area contributed by atoms with Gasteiger partial charge in [0.1, 0.15) is 5.54 Å². The lowest BCUT2D eigenvalue weighted by atomic mass is 9.91. The predicted octanol–water partition coefficient (Wildman–Crippen LogP) is 1.76. The van der Waals surface area contributed by atoms with Crippen LogP contribution in [0.4, 0.5) is 5.95 Å². The lowest BCUT2D eigenvalue weighted by Crippen LogP contribution is -2.51. The van der Waals surface area contributed by atoms with E-state index < -0.39 is 11.5 Å². The minimum absolute atomic E-state index is 0.00506. The van der Waals surface area contributed by atoms with Gasteiger partial charge in [0, 0.05) is 6.54 Å². The van der Waals surface area contributed by atoms with Crippen LogP contribution >= 0.6 is 11.6 Å². The molecule has 1 aliphatic rings. The molecule has 0 spiro atoms. The summed E-state index contributed by atoms with van der Waals surface area (Å²) < 4.78 is 4.96. The Kier molecular flexibility index (Phi) is 4.27. The summed E-state index contributed by atoms with van der Waals surface area (Å²) >= 11 is 5.84. The topological polar surface area (TPSA) is 88.4 Å². The van der Waals surface area contributed by atoms with Gasteiger partial charge in [-0.3, -0.25) is 0 Å². The van der Waals surface area contributed by atoms with E-state index in [-0.39, 0.29) is 17.2 Å². The van der Waals surface area contributed by atoms with Crippen molar-refractivity contribution in [2.75, 3.05) is 18.6 Å². The van der Waals surface area contributed by atoms with Gasteiger partial charge in [0.05, 0.1) is 7.11 Å². The molecule has 1 N–H and O–H groups in total. The molecule has 2 heterocycles. The number of halogens is 1. The zero-order valence-electron chi connectivity index (χ0n) is 11.5. The van der Waals surface area contributed by atoms with Crippen molar-refractivity contribution in [3.8, 4) is 6.01 Å². The molecule has 0 aromatic carbocycles. The summed E-state index contributed by atoms with van der Waals surface area (Å²) in [6.07, 6.45) is 2.65. The summed E-state index contributed by atoms with van der Waals surface area (Å²) in [7, 11) is 1.43. The first kappa shape index (κ1) is 14.8. The normalized spacial score (nSPS) is 22.1. The molecule has 2 rings (SSSR count). The van der Waals surface area contributed by atoms with Crippen LogP contribution in [0.15, 0.2) is 0 Å². The smallest absolute Gasteiger partial charge is 0.329 e. The van der Waals surface area contributed by atoms with Gasteiger partial charge in [0.15, 0.2) is 0 Å². The summed E-state index contributed by atoms with van der Waals surface area (Å²) in [6, 6.07) is 0.0858. The van der Waals surface area contributed by atoms with E-state index in [0.29, 0.717) is 19.4 Å². The SMILES string of the molecule is CCCC1(C(=O)O)CCCN1c1nc(Cl)nc(OC)n1. The van der Waals surface area contributed by atoms with Gasteiger partial charge in [0.25, 0.3) is 0 Å². The van der Waals surface area contributed by atoms with Crippen molar-refractivity contribution in [1.29, 1.82) is 0 Å². The molecule has 8 heteroatoms. The quantitative estimate of drug-likeness (QED) is 0.886. The maximum atomic E-state index is 11.8. The van der Waals surface area contributed by atoms with E-state index in [2.05, 4.69) is 15.0 Å². The van der Waals surface area contributed by atoms with E-state index >= 15 is 0 Å². The van der Waals surface area contributed by atoms with Gasteiger partial charge < -0.3 is 14.7 Å². The van der Waals surface area contributed by atoms with Gasteiger partial charge in [-0.15, -0.1) is 0 Å². The Morgan fingerprint density at radius 1 is 1.50 bits per heavy atom. The fourth-order valence-corrected chi connectivity index (χ4v) is 2.85. The lowest BCUT2D eigenvalue weighted by molar-refractivity contribution is -0.143. The van der Waals surface area contributed by atoms with Crippen molar-refractivity contribution >= 4 is 23.5 Å². The molecular weight excluding hydrogens is 284 g/mol. The second-order valence-electron chi connectivity index (χ2n) is 4.73. The van der Waals surface area contributed by atoms with Crippen LogP contribution in [0.1, 0.15) is 32.6 Å². The van der Waals surface area contributed by atoms with Gasteiger partial charge >= 0.3 is 12.0 Å². The second-order valence-corrected chi connectivity index (χ2v) is 5.07. The van der Waals surface area contributed by atoms with Gasteiger partial charge in [-0.05, 0) is 30.9 Å². The Labute approximate surface area is 122 Å². The summed E-state index contributed by atoms with van der Waals surface area (Å²) in [5, 5.41) is 9.64. The number of carboxylic acids is 1. The second kappa shape index (κ2) is 5.78. The number of methoxy groups -OCH3 is 1. The molecule has 0 amide bonds.